The van der Waals surface area contributed by atoms with Gasteiger partial charge in [0, 0.05) is 28.5 Å². The third-order valence-electron chi connectivity index (χ3n) is 6.11. The lowest BCUT2D eigenvalue weighted by Crippen LogP contribution is -2.29. The van der Waals surface area contributed by atoms with Crippen molar-refractivity contribution in [2.24, 2.45) is 0 Å². The molecular weight excluding hydrogens is 470 g/mol. The van der Waals surface area contributed by atoms with Gasteiger partial charge in [-0.2, -0.15) is 0 Å². The molecule has 0 radical (unpaired) electrons. The van der Waals surface area contributed by atoms with Crippen molar-refractivity contribution in [3.63, 3.8) is 0 Å². The molecule has 6 rings (SSSR count). The second-order valence-electron chi connectivity index (χ2n) is 8.20. The Morgan fingerprint density at radius 2 is 1.91 bits per heavy atom. The predicted octanol–water partition coefficient (Wildman–Crippen LogP) is 6.21. The molecule has 8 heteroatoms. The van der Waals surface area contributed by atoms with Gasteiger partial charge < -0.3 is 24.1 Å². The maximum atomic E-state index is 6.41. The zero-order valence-electron chi connectivity index (χ0n) is 18.2. The van der Waals surface area contributed by atoms with Gasteiger partial charge in [-0.1, -0.05) is 29.8 Å². The van der Waals surface area contributed by atoms with Gasteiger partial charge in [0.25, 0.3) is 0 Å². The predicted molar refractivity (Wildman–Crippen MR) is 134 cm³/mol. The van der Waals surface area contributed by atoms with Crippen LogP contribution in [0, 0.1) is 6.92 Å². The number of anilines is 1. The zero-order chi connectivity index (χ0) is 23.2. The molecule has 1 saturated heterocycles. The Morgan fingerprint density at radius 3 is 2.74 bits per heavy atom. The molecule has 0 saturated carbocycles. The van der Waals surface area contributed by atoms with Crippen molar-refractivity contribution in [2.75, 3.05) is 11.7 Å². The Bertz CT molecular complexity index is 1390. The van der Waals surface area contributed by atoms with Crippen LogP contribution in [0.25, 0.3) is 11.3 Å². The van der Waals surface area contributed by atoms with Crippen LogP contribution in [-0.2, 0) is 0 Å². The molecule has 0 aliphatic carbocycles. The SMILES string of the molecule is Cc1ccc(-c2ccc(C3C(c4ccccn4)NC(=S)N3c3ccc4c(c3)OCO4)o2)cc1Cl. The highest BCUT2D eigenvalue weighted by Crippen LogP contribution is 2.45. The fraction of sp³-hybridized carbons (Fsp3) is 0.154. The molecule has 2 aliphatic heterocycles. The zero-order valence-corrected chi connectivity index (χ0v) is 19.8. The van der Waals surface area contributed by atoms with Crippen molar-refractivity contribution in [1.82, 2.24) is 10.3 Å². The van der Waals surface area contributed by atoms with Gasteiger partial charge in [-0.25, -0.2) is 0 Å². The monoisotopic (exact) mass is 489 g/mol. The highest BCUT2D eigenvalue weighted by atomic mass is 35.5. The molecule has 2 atom stereocenters. The average molecular weight is 490 g/mol. The third-order valence-corrected chi connectivity index (χ3v) is 6.83. The molecule has 1 fully saturated rings. The number of ether oxygens (including phenoxy) is 2. The van der Waals surface area contributed by atoms with Crippen molar-refractivity contribution >= 4 is 34.6 Å². The number of rotatable bonds is 4. The number of nitrogens with zero attached hydrogens (tertiary/aromatic N) is 2. The van der Waals surface area contributed by atoms with Crippen molar-refractivity contribution in [2.45, 2.75) is 19.0 Å². The average Bonchev–Trinajstić information content (AvgIpc) is 3.59. The summed E-state index contributed by atoms with van der Waals surface area (Å²) in [6, 6.07) is 21.0. The van der Waals surface area contributed by atoms with E-state index in [2.05, 4.69) is 10.3 Å². The highest BCUT2D eigenvalue weighted by molar-refractivity contribution is 7.80. The highest BCUT2D eigenvalue weighted by Gasteiger charge is 2.43. The molecule has 2 unspecified atom stereocenters. The van der Waals surface area contributed by atoms with E-state index in [0.29, 0.717) is 15.9 Å². The Labute approximate surface area is 207 Å². The van der Waals surface area contributed by atoms with Crippen LogP contribution in [-0.4, -0.2) is 16.9 Å². The fourth-order valence-electron chi connectivity index (χ4n) is 4.37. The molecule has 6 nitrogen and oxygen atoms in total. The van der Waals surface area contributed by atoms with E-state index < -0.39 is 0 Å². The molecule has 2 aromatic heterocycles. The topological polar surface area (TPSA) is 59.8 Å². The summed E-state index contributed by atoms with van der Waals surface area (Å²) in [5, 5.41) is 4.72. The summed E-state index contributed by atoms with van der Waals surface area (Å²) in [5.41, 5.74) is 3.68. The van der Waals surface area contributed by atoms with Crippen molar-refractivity contribution in [3.05, 3.63) is 95.0 Å². The third kappa shape index (κ3) is 3.57. The minimum absolute atomic E-state index is 0.209. The lowest BCUT2D eigenvalue weighted by atomic mass is 10.0. The van der Waals surface area contributed by atoms with E-state index in [1.165, 1.54) is 0 Å². The normalized spacial score (nSPS) is 18.9. The maximum Gasteiger partial charge on any atom is 0.231 e. The largest absolute Gasteiger partial charge is 0.459 e. The van der Waals surface area contributed by atoms with Crippen LogP contribution in [0.4, 0.5) is 5.69 Å². The molecule has 0 spiro atoms. The van der Waals surface area contributed by atoms with Gasteiger partial charge in [-0.15, -0.1) is 0 Å². The number of benzene rings is 2. The Hall–Kier alpha value is -3.55. The first-order valence-electron chi connectivity index (χ1n) is 10.8. The smallest absolute Gasteiger partial charge is 0.231 e. The number of aryl methyl sites for hydroxylation is 1. The van der Waals surface area contributed by atoms with E-state index in [1.807, 2.05) is 78.6 Å². The number of furan rings is 1. The molecular formula is C26H20ClN3O3S. The number of aromatic nitrogens is 1. The molecule has 0 amide bonds. The molecule has 2 aliphatic rings. The van der Waals surface area contributed by atoms with Gasteiger partial charge in [0.1, 0.15) is 17.6 Å². The van der Waals surface area contributed by atoms with Crippen LogP contribution in [0.5, 0.6) is 11.5 Å². The number of halogens is 1. The van der Waals surface area contributed by atoms with Crippen molar-refractivity contribution in [3.8, 4) is 22.8 Å². The van der Waals surface area contributed by atoms with E-state index >= 15 is 0 Å². The first-order chi connectivity index (χ1) is 16.6. The number of hydrogen-bond donors (Lipinski definition) is 1. The number of hydrogen-bond acceptors (Lipinski definition) is 5. The minimum atomic E-state index is -0.266. The second kappa shape index (κ2) is 8.34. The van der Waals surface area contributed by atoms with Crippen LogP contribution in [0.15, 0.2) is 77.3 Å². The number of fused-ring (bicyclic) bond motifs is 1. The van der Waals surface area contributed by atoms with Gasteiger partial charge in [0.05, 0.1) is 11.7 Å². The van der Waals surface area contributed by atoms with E-state index in [-0.39, 0.29) is 18.9 Å². The van der Waals surface area contributed by atoms with Crippen LogP contribution in [0.2, 0.25) is 5.02 Å². The van der Waals surface area contributed by atoms with Crippen LogP contribution >= 0.6 is 23.8 Å². The summed E-state index contributed by atoms with van der Waals surface area (Å²) in [6.45, 7) is 2.19. The summed E-state index contributed by atoms with van der Waals surface area (Å²) in [6.07, 6.45) is 1.78. The minimum Gasteiger partial charge on any atom is -0.459 e. The van der Waals surface area contributed by atoms with E-state index in [4.69, 9.17) is 37.7 Å². The molecule has 0 bridgehead atoms. The van der Waals surface area contributed by atoms with E-state index in [9.17, 15) is 0 Å². The Kier molecular flexibility index (Phi) is 5.16. The van der Waals surface area contributed by atoms with Gasteiger partial charge in [0.2, 0.25) is 6.79 Å². The second-order valence-corrected chi connectivity index (χ2v) is 8.99. The van der Waals surface area contributed by atoms with Crippen LogP contribution in [0.1, 0.15) is 29.1 Å². The van der Waals surface area contributed by atoms with Crippen molar-refractivity contribution < 1.29 is 13.9 Å². The van der Waals surface area contributed by atoms with Gasteiger partial charge in [-0.05, 0) is 67.2 Å². The number of nitrogens with one attached hydrogen (secondary N) is 1. The fourth-order valence-corrected chi connectivity index (χ4v) is 4.90. The molecule has 4 aromatic rings. The first kappa shape index (κ1) is 21.0. The molecule has 2 aromatic carbocycles. The maximum absolute atomic E-state index is 6.41. The van der Waals surface area contributed by atoms with Crippen molar-refractivity contribution in [1.29, 1.82) is 0 Å². The molecule has 4 heterocycles. The Morgan fingerprint density at radius 1 is 1.03 bits per heavy atom. The summed E-state index contributed by atoms with van der Waals surface area (Å²) in [4.78, 5) is 6.63. The lowest BCUT2D eigenvalue weighted by Gasteiger charge is -2.26. The molecule has 1 N–H and O–H groups in total. The van der Waals surface area contributed by atoms with Gasteiger partial charge in [-0.3, -0.25) is 4.98 Å². The summed E-state index contributed by atoms with van der Waals surface area (Å²) < 4.78 is 17.5. The summed E-state index contributed by atoms with van der Waals surface area (Å²) in [5.74, 6) is 2.90. The molecule has 170 valence electrons. The number of thiocarbonyl (C=S) groups is 1. The van der Waals surface area contributed by atoms with E-state index in [1.54, 1.807) is 6.20 Å². The first-order valence-corrected chi connectivity index (χ1v) is 11.6. The van der Waals surface area contributed by atoms with Gasteiger partial charge in [0.15, 0.2) is 16.6 Å². The molecule has 34 heavy (non-hydrogen) atoms. The quantitative estimate of drug-likeness (QED) is 0.342. The van der Waals surface area contributed by atoms with E-state index in [0.717, 1.165) is 39.8 Å². The standard InChI is InChI=1S/C26H20ClN3O3S/c1-15-5-6-16(12-18(15)27)20-9-10-22(33-20)25-24(19-4-2-3-11-28-19)29-26(34)30(25)17-7-8-21-23(13-17)32-14-31-21/h2-13,24-25H,14H2,1H3,(H,29,34). The van der Waals surface area contributed by atoms with Gasteiger partial charge >= 0.3 is 0 Å². The Balaban J connectivity index is 1.44. The lowest BCUT2D eigenvalue weighted by molar-refractivity contribution is 0.174. The summed E-state index contributed by atoms with van der Waals surface area (Å²) >= 11 is 12.2. The number of pyridine rings is 1. The summed E-state index contributed by atoms with van der Waals surface area (Å²) in [7, 11) is 0. The van der Waals surface area contributed by atoms with Crippen LogP contribution in [0.3, 0.4) is 0 Å². The van der Waals surface area contributed by atoms with Crippen LogP contribution < -0.4 is 19.7 Å².